The number of aliphatic hydroxyl groups excluding tert-OH is 2. The lowest BCUT2D eigenvalue weighted by Crippen LogP contribution is -2.39. The second-order valence-corrected chi connectivity index (χ2v) is 5.27. The molecule has 0 aromatic heterocycles. The van der Waals surface area contributed by atoms with Gasteiger partial charge in [0.1, 0.15) is 5.75 Å². The summed E-state index contributed by atoms with van der Waals surface area (Å²) < 4.78 is 15.8. The lowest BCUT2D eigenvalue weighted by molar-refractivity contribution is -0.217. The van der Waals surface area contributed by atoms with E-state index in [1.54, 1.807) is 6.08 Å². The van der Waals surface area contributed by atoms with Gasteiger partial charge in [-0.25, -0.2) is 4.79 Å². The maximum Gasteiger partial charge on any atom is 0.333 e. The zero-order chi connectivity index (χ0) is 16.7. The number of hydrogen-bond donors (Lipinski definition) is 2. The van der Waals surface area contributed by atoms with Gasteiger partial charge in [-0.3, -0.25) is 0 Å². The minimum atomic E-state index is -0.839. The van der Waals surface area contributed by atoms with Crippen LogP contribution in [0.25, 0.3) is 6.08 Å². The molecule has 2 rings (SSSR count). The number of ether oxygens (including phenoxy) is 3. The van der Waals surface area contributed by atoms with E-state index in [0.29, 0.717) is 13.0 Å². The normalized spacial score (nSPS) is 24.6. The molecule has 2 N–H and O–H groups in total. The number of esters is 1. The Hall–Kier alpha value is -1.89. The molecule has 6 nitrogen and oxygen atoms in total. The second-order valence-electron chi connectivity index (χ2n) is 5.27. The fraction of sp³-hybridized carbons (Fsp3) is 0.471. The topological polar surface area (TPSA) is 85.2 Å². The van der Waals surface area contributed by atoms with Crippen LogP contribution in [0.4, 0.5) is 0 Å². The van der Waals surface area contributed by atoms with Crippen molar-refractivity contribution in [2.45, 2.75) is 38.3 Å². The summed E-state index contributed by atoms with van der Waals surface area (Å²) in [5.74, 6) is 0.210. The number of hydrogen-bond acceptors (Lipinski definition) is 6. The first kappa shape index (κ1) is 17.5. The van der Waals surface area contributed by atoms with E-state index < -0.39 is 24.5 Å². The van der Waals surface area contributed by atoms with E-state index in [1.807, 2.05) is 31.2 Å². The van der Waals surface area contributed by atoms with Crippen molar-refractivity contribution < 1.29 is 29.2 Å². The van der Waals surface area contributed by atoms with E-state index in [1.165, 1.54) is 6.08 Å². The van der Waals surface area contributed by atoms with Gasteiger partial charge in [-0.15, -0.1) is 0 Å². The van der Waals surface area contributed by atoms with Gasteiger partial charge in [0.05, 0.1) is 25.4 Å². The first-order chi connectivity index (χ1) is 11.1. The number of benzene rings is 1. The van der Waals surface area contributed by atoms with Gasteiger partial charge in [-0.1, -0.05) is 12.1 Å². The van der Waals surface area contributed by atoms with Crippen molar-refractivity contribution in [2.75, 3.05) is 13.2 Å². The van der Waals surface area contributed by atoms with Gasteiger partial charge in [0, 0.05) is 18.9 Å². The quantitative estimate of drug-likeness (QED) is 0.610. The Morgan fingerprint density at radius 2 is 2.09 bits per heavy atom. The molecule has 1 fully saturated rings. The van der Waals surface area contributed by atoms with Crippen LogP contribution < -0.4 is 4.74 Å². The third-order valence-corrected chi connectivity index (χ3v) is 3.40. The van der Waals surface area contributed by atoms with E-state index in [4.69, 9.17) is 19.3 Å². The largest absolute Gasteiger partial charge is 0.494 e. The van der Waals surface area contributed by atoms with Crippen molar-refractivity contribution >= 4 is 12.0 Å². The van der Waals surface area contributed by atoms with Crippen LogP contribution in [0, 0.1) is 0 Å². The van der Waals surface area contributed by atoms with Gasteiger partial charge in [0.2, 0.25) is 6.29 Å². The van der Waals surface area contributed by atoms with Crippen LogP contribution in [-0.2, 0) is 14.3 Å². The Kier molecular flexibility index (Phi) is 6.58. The van der Waals surface area contributed by atoms with Gasteiger partial charge in [0.15, 0.2) is 0 Å². The molecule has 1 aliphatic heterocycles. The molecule has 0 spiro atoms. The molecule has 0 bridgehead atoms. The first-order valence-corrected chi connectivity index (χ1v) is 7.66. The predicted octanol–water partition coefficient (Wildman–Crippen LogP) is 1.50. The van der Waals surface area contributed by atoms with E-state index in [-0.39, 0.29) is 13.0 Å². The Morgan fingerprint density at radius 1 is 1.35 bits per heavy atom. The van der Waals surface area contributed by atoms with Crippen molar-refractivity contribution in [3.63, 3.8) is 0 Å². The molecule has 6 heteroatoms. The fourth-order valence-corrected chi connectivity index (χ4v) is 2.32. The van der Waals surface area contributed by atoms with Gasteiger partial charge in [-0.2, -0.15) is 0 Å². The fourth-order valence-electron chi connectivity index (χ4n) is 2.32. The molecule has 0 radical (unpaired) electrons. The molecular weight excluding hydrogens is 300 g/mol. The van der Waals surface area contributed by atoms with Crippen molar-refractivity contribution in [3.05, 3.63) is 35.9 Å². The SMILES string of the molecule is CCOc1ccc(/C=C/C(=O)O[C@H]2CC(O)CC(CO)O2)cc1. The van der Waals surface area contributed by atoms with Crippen LogP contribution in [0.15, 0.2) is 30.3 Å². The highest BCUT2D eigenvalue weighted by Gasteiger charge is 2.29. The molecule has 126 valence electrons. The minimum absolute atomic E-state index is 0.207. The summed E-state index contributed by atoms with van der Waals surface area (Å²) in [6.45, 7) is 2.30. The highest BCUT2D eigenvalue weighted by molar-refractivity contribution is 5.87. The van der Waals surface area contributed by atoms with E-state index in [2.05, 4.69) is 0 Å². The third kappa shape index (κ3) is 5.67. The molecule has 2 unspecified atom stereocenters. The predicted molar refractivity (Wildman–Crippen MR) is 83.7 cm³/mol. The summed E-state index contributed by atoms with van der Waals surface area (Å²) in [6, 6.07) is 7.30. The molecule has 1 heterocycles. The molecule has 0 saturated carbocycles. The molecule has 0 aliphatic carbocycles. The highest BCUT2D eigenvalue weighted by atomic mass is 16.7. The maximum absolute atomic E-state index is 11.8. The Labute approximate surface area is 135 Å². The molecule has 0 amide bonds. The van der Waals surface area contributed by atoms with Crippen molar-refractivity contribution in [2.24, 2.45) is 0 Å². The summed E-state index contributed by atoms with van der Waals surface area (Å²) in [5.41, 5.74) is 0.836. The van der Waals surface area contributed by atoms with E-state index in [0.717, 1.165) is 11.3 Å². The van der Waals surface area contributed by atoms with Crippen LogP contribution in [-0.4, -0.2) is 47.9 Å². The average Bonchev–Trinajstić information content (AvgIpc) is 2.54. The lowest BCUT2D eigenvalue weighted by atomic mass is 10.1. The van der Waals surface area contributed by atoms with Crippen LogP contribution in [0.3, 0.4) is 0 Å². The Morgan fingerprint density at radius 3 is 2.74 bits per heavy atom. The second kappa shape index (κ2) is 8.67. The number of aliphatic hydroxyl groups is 2. The summed E-state index contributed by atoms with van der Waals surface area (Å²) >= 11 is 0. The van der Waals surface area contributed by atoms with Gasteiger partial charge in [-0.05, 0) is 30.7 Å². The molecule has 1 saturated heterocycles. The van der Waals surface area contributed by atoms with Crippen LogP contribution in [0.1, 0.15) is 25.3 Å². The molecular formula is C17H22O6. The van der Waals surface area contributed by atoms with E-state index in [9.17, 15) is 9.90 Å². The monoisotopic (exact) mass is 322 g/mol. The maximum atomic E-state index is 11.8. The average molecular weight is 322 g/mol. The standard InChI is InChI=1S/C17H22O6/c1-2-21-14-6-3-12(4-7-14)5-8-16(20)23-17-10-13(19)9-15(11-18)22-17/h3-8,13,15,17-19H,2,9-11H2,1H3/b8-5+/t13?,15?,17-/m0/s1. The first-order valence-electron chi connectivity index (χ1n) is 7.66. The van der Waals surface area contributed by atoms with Crippen LogP contribution in [0.2, 0.25) is 0 Å². The zero-order valence-electron chi connectivity index (χ0n) is 13.1. The van der Waals surface area contributed by atoms with Crippen LogP contribution in [0.5, 0.6) is 5.75 Å². The van der Waals surface area contributed by atoms with E-state index >= 15 is 0 Å². The molecule has 3 atom stereocenters. The summed E-state index contributed by atoms with van der Waals surface area (Å²) in [5, 5.41) is 18.7. The van der Waals surface area contributed by atoms with Crippen molar-refractivity contribution in [1.82, 2.24) is 0 Å². The van der Waals surface area contributed by atoms with Crippen LogP contribution >= 0.6 is 0 Å². The van der Waals surface area contributed by atoms with Crippen molar-refractivity contribution in [3.8, 4) is 5.75 Å². The molecule has 1 aliphatic rings. The van der Waals surface area contributed by atoms with Gasteiger partial charge < -0.3 is 24.4 Å². The minimum Gasteiger partial charge on any atom is -0.494 e. The lowest BCUT2D eigenvalue weighted by Gasteiger charge is -2.31. The smallest absolute Gasteiger partial charge is 0.333 e. The summed E-state index contributed by atoms with van der Waals surface area (Å²) in [7, 11) is 0. The molecule has 1 aromatic rings. The summed E-state index contributed by atoms with van der Waals surface area (Å²) in [6.07, 6.45) is 1.48. The van der Waals surface area contributed by atoms with Gasteiger partial charge >= 0.3 is 5.97 Å². The number of rotatable bonds is 6. The molecule has 23 heavy (non-hydrogen) atoms. The molecule has 1 aromatic carbocycles. The third-order valence-electron chi connectivity index (χ3n) is 3.40. The number of carbonyl (C=O) groups excluding carboxylic acids is 1. The Bertz CT molecular complexity index is 524. The highest BCUT2D eigenvalue weighted by Crippen LogP contribution is 2.20. The summed E-state index contributed by atoms with van der Waals surface area (Å²) in [4.78, 5) is 11.8. The van der Waals surface area contributed by atoms with Gasteiger partial charge in [0.25, 0.3) is 0 Å². The van der Waals surface area contributed by atoms with Crippen molar-refractivity contribution in [1.29, 1.82) is 0 Å². The Balaban J connectivity index is 1.86. The zero-order valence-corrected chi connectivity index (χ0v) is 13.1. The number of carbonyl (C=O) groups is 1.